The monoisotopic (exact) mass is 321 g/mol. The molecule has 1 rings (SSSR count). The molecule has 0 radical (unpaired) electrons. The zero-order chi connectivity index (χ0) is 17.1. The van der Waals surface area contributed by atoms with Gasteiger partial charge in [-0.15, -0.1) is 0 Å². The molecule has 4 nitrogen and oxygen atoms in total. The second-order valence-corrected chi connectivity index (χ2v) is 5.95. The van der Waals surface area contributed by atoms with E-state index in [9.17, 15) is 4.79 Å². The largest absolute Gasteiger partial charge is 0.494 e. The van der Waals surface area contributed by atoms with Gasteiger partial charge in [0.2, 0.25) is 0 Å². The third-order valence-corrected chi connectivity index (χ3v) is 3.83. The number of anilines is 1. The van der Waals surface area contributed by atoms with Gasteiger partial charge in [-0.25, -0.2) is 0 Å². The highest BCUT2D eigenvalue weighted by atomic mass is 16.5. The average molecular weight is 321 g/mol. The first-order valence-corrected chi connectivity index (χ1v) is 8.74. The minimum Gasteiger partial charge on any atom is -0.494 e. The molecule has 0 aromatic heterocycles. The third-order valence-electron chi connectivity index (χ3n) is 3.83. The van der Waals surface area contributed by atoms with Crippen LogP contribution in [0.25, 0.3) is 0 Å². The predicted molar refractivity (Wildman–Crippen MR) is 95.0 cm³/mol. The number of nitrogens with one attached hydrogen (secondary N) is 1. The molecule has 0 heterocycles. The maximum atomic E-state index is 12.6. The molecule has 0 aliphatic rings. The number of amides is 1. The van der Waals surface area contributed by atoms with Crippen LogP contribution in [0.1, 0.15) is 59.8 Å². The number of rotatable bonds is 11. The Kier molecular flexibility index (Phi) is 8.70. The molecule has 1 N–H and O–H groups in total. The molecule has 0 aliphatic heterocycles. The van der Waals surface area contributed by atoms with Gasteiger partial charge in [0.25, 0.3) is 5.91 Å². The van der Waals surface area contributed by atoms with Crippen LogP contribution in [0.2, 0.25) is 0 Å². The Morgan fingerprint density at radius 1 is 1.09 bits per heavy atom. The van der Waals surface area contributed by atoms with Crippen molar-refractivity contribution in [1.29, 1.82) is 0 Å². The number of hydrogen-bond donors (Lipinski definition) is 1. The summed E-state index contributed by atoms with van der Waals surface area (Å²) in [5.74, 6) is 0.738. The Bertz CT molecular complexity index is 458. The molecule has 0 spiro atoms. The number of carbonyl (C=O) groups excluding carboxylic acids is 1. The summed E-state index contributed by atoms with van der Waals surface area (Å²) < 4.78 is 11.3. The van der Waals surface area contributed by atoms with Gasteiger partial charge in [-0.3, -0.25) is 4.79 Å². The average Bonchev–Trinajstić information content (AvgIpc) is 2.55. The first-order valence-electron chi connectivity index (χ1n) is 8.74. The van der Waals surface area contributed by atoms with Crippen LogP contribution in [0.3, 0.4) is 0 Å². The highest BCUT2D eigenvalue weighted by molar-refractivity contribution is 5.97. The molecule has 23 heavy (non-hydrogen) atoms. The summed E-state index contributed by atoms with van der Waals surface area (Å²) >= 11 is 0. The van der Waals surface area contributed by atoms with Crippen LogP contribution < -0.4 is 10.1 Å². The van der Waals surface area contributed by atoms with E-state index in [1.807, 2.05) is 38.1 Å². The van der Waals surface area contributed by atoms with Gasteiger partial charge < -0.3 is 14.8 Å². The van der Waals surface area contributed by atoms with E-state index in [-0.39, 0.29) is 5.91 Å². The summed E-state index contributed by atoms with van der Waals surface area (Å²) in [5, 5.41) is 2.95. The van der Waals surface area contributed by atoms with Crippen LogP contribution >= 0.6 is 0 Å². The van der Waals surface area contributed by atoms with Crippen LogP contribution in [-0.4, -0.2) is 24.7 Å². The van der Waals surface area contributed by atoms with Crippen LogP contribution in [0.4, 0.5) is 5.69 Å². The van der Waals surface area contributed by atoms with Crippen LogP contribution in [0.15, 0.2) is 24.3 Å². The van der Waals surface area contributed by atoms with Crippen LogP contribution in [-0.2, 0) is 9.53 Å². The van der Waals surface area contributed by atoms with E-state index in [1.165, 1.54) is 0 Å². The standard InChI is InChI=1S/C19H31NO3/c1-5-8-14-19(4,23-7-3)18(21)20-16-10-12-17(13-11-16)22-15-9-6-2/h10-13H,5-9,14-15H2,1-4H3,(H,20,21)/t19-/m1/s1. The number of unbranched alkanes of at least 4 members (excludes halogenated alkanes) is 2. The van der Waals surface area contributed by atoms with Gasteiger partial charge in [-0.05, 0) is 51.0 Å². The first-order chi connectivity index (χ1) is 11.1. The molecule has 130 valence electrons. The third kappa shape index (κ3) is 6.61. The molecule has 0 unspecified atom stereocenters. The van der Waals surface area contributed by atoms with Crippen molar-refractivity contribution in [3.05, 3.63) is 24.3 Å². The number of hydrogen-bond acceptors (Lipinski definition) is 3. The van der Waals surface area contributed by atoms with Gasteiger partial charge in [0.1, 0.15) is 11.4 Å². The quantitative estimate of drug-likeness (QED) is 0.596. The second kappa shape index (κ2) is 10.3. The molecule has 1 atom stereocenters. The Morgan fingerprint density at radius 2 is 1.74 bits per heavy atom. The fraction of sp³-hybridized carbons (Fsp3) is 0.632. The maximum absolute atomic E-state index is 12.6. The number of carbonyl (C=O) groups is 1. The van der Waals surface area contributed by atoms with E-state index < -0.39 is 5.60 Å². The summed E-state index contributed by atoms with van der Waals surface area (Å²) in [4.78, 5) is 12.6. The van der Waals surface area contributed by atoms with E-state index in [0.29, 0.717) is 6.61 Å². The normalized spacial score (nSPS) is 13.4. The Hall–Kier alpha value is -1.55. The van der Waals surface area contributed by atoms with Crippen molar-refractivity contribution in [3.8, 4) is 5.75 Å². The van der Waals surface area contributed by atoms with Gasteiger partial charge in [-0.2, -0.15) is 0 Å². The van der Waals surface area contributed by atoms with Crippen LogP contribution in [0.5, 0.6) is 5.75 Å². The van der Waals surface area contributed by atoms with E-state index >= 15 is 0 Å². The first kappa shape index (κ1) is 19.5. The lowest BCUT2D eigenvalue weighted by atomic mass is 9.97. The molecule has 0 aliphatic carbocycles. The van der Waals surface area contributed by atoms with E-state index in [0.717, 1.165) is 50.1 Å². The molecular formula is C19H31NO3. The lowest BCUT2D eigenvalue weighted by molar-refractivity contribution is -0.139. The summed E-state index contributed by atoms with van der Waals surface area (Å²) in [7, 11) is 0. The molecule has 0 saturated carbocycles. The number of ether oxygens (including phenoxy) is 2. The van der Waals surface area contributed by atoms with Crippen molar-refractivity contribution < 1.29 is 14.3 Å². The van der Waals surface area contributed by atoms with Crippen molar-refractivity contribution in [2.45, 2.75) is 65.4 Å². The molecule has 4 heteroatoms. The van der Waals surface area contributed by atoms with E-state index in [4.69, 9.17) is 9.47 Å². The van der Waals surface area contributed by atoms with Crippen molar-refractivity contribution in [2.24, 2.45) is 0 Å². The fourth-order valence-corrected chi connectivity index (χ4v) is 2.32. The van der Waals surface area contributed by atoms with Crippen molar-refractivity contribution >= 4 is 11.6 Å². The van der Waals surface area contributed by atoms with E-state index in [1.54, 1.807) is 0 Å². The van der Waals surface area contributed by atoms with Gasteiger partial charge in [0, 0.05) is 12.3 Å². The molecule has 1 aromatic carbocycles. The lowest BCUT2D eigenvalue weighted by Gasteiger charge is -2.28. The summed E-state index contributed by atoms with van der Waals surface area (Å²) in [5.41, 5.74) is -0.0126. The Labute approximate surface area is 140 Å². The Balaban J connectivity index is 2.63. The zero-order valence-electron chi connectivity index (χ0n) is 15.0. The molecule has 0 saturated heterocycles. The molecule has 0 fully saturated rings. The summed E-state index contributed by atoms with van der Waals surface area (Å²) in [6, 6.07) is 7.50. The maximum Gasteiger partial charge on any atom is 0.256 e. The van der Waals surface area contributed by atoms with Gasteiger partial charge in [0.15, 0.2) is 0 Å². The van der Waals surface area contributed by atoms with Gasteiger partial charge in [0.05, 0.1) is 6.61 Å². The highest BCUT2D eigenvalue weighted by Crippen LogP contribution is 2.23. The van der Waals surface area contributed by atoms with Crippen LogP contribution in [0, 0.1) is 0 Å². The van der Waals surface area contributed by atoms with Crippen molar-refractivity contribution in [1.82, 2.24) is 0 Å². The SMILES string of the molecule is CCCCOc1ccc(NC(=O)[C@@](C)(CCCC)OCC)cc1. The zero-order valence-corrected chi connectivity index (χ0v) is 15.0. The fourth-order valence-electron chi connectivity index (χ4n) is 2.32. The minimum atomic E-state index is -0.777. The lowest BCUT2D eigenvalue weighted by Crippen LogP contribution is -2.42. The molecule has 1 amide bonds. The summed E-state index contributed by atoms with van der Waals surface area (Å²) in [6.45, 7) is 9.28. The highest BCUT2D eigenvalue weighted by Gasteiger charge is 2.33. The van der Waals surface area contributed by atoms with Gasteiger partial charge >= 0.3 is 0 Å². The van der Waals surface area contributed by atoms with Crippen molar-refractivity contribution in [2.75, 3.05) is 18.5 Å². The topological polar surface area (TPSA) is 47.6 Å². The number of benzene rings is 1. The predicted octanol–water partition coefficient (Wildman–Crippen LogP) is 4.79. The van der Waals surface area contributed by atoms with Gasteiger partial charge in [-0.1, -0.05) is 33.1 Å². The smallest absolute Gasteiger partial charge is 0.256 e. The summed E-state index contributed by atoms with van der Waals surface area (Å²) in [6.07, 6.45) is 4.89. The molecule has 1 aromatic rings. The minimum absolute atomic E-state index is 0.0903. The molecular weight excluding hydrogens is 290 g/mol. The second-order valence-electron chi connectivity index (χ2n) is 5.95. The Morgan fingerprint density at radius 3 is 2.30 bits per heavy atom. The molecule has 0 bridgehead atoms. The van der Waals surface area contributed by atoms with Crippen molar-refractivity contribution in [3.63, 3.8) is 0 Å². The van der Waals surface area contributed by atoms with E-state index in [2.05, 4.69) is 19.2 Å².